The summed E-state index contributed by atoms with van der Waals surface area (Å²) in [5.41, 5.74) is 0. The van der Waals surface area contributed by atoms with Crippen LogP contribution in [-0.4, -0.2) is 55.7 Å². The minimum Gasteiger partial charge on any atom is -0.336 e. The monoisotopic (exact) mass is 256 g/mol. The number of carbonyl (C=O) groups is 2. The standard InChI is InChI=1S/C14H28N2O2/c1-12(2)13(11-17)16(5)14(18)9-7-6-8-10-15(3)4/h11-13H,6-10H2,1-5H3. The average Bonchev–Trinajstić information content (AvgIpc) is 2.28. The fourth-order valence-electron chi connectivity index (χ4n) is 1.92. The largest absolute Gasteiger partial charge is 0.336 e. The summed E-state index contributed by atoms with van der Waals surface area (Å²) in [4.78, 5) is 26.6. The van der Waals surface area contributed by atoms with Gasteiger partial charge >= 0.3 is 0 Å². The van der Waals surface area contributed by atoms with Crippen LogP contribution in [0.2, 0.25) is 0 Å². The Labute approximate surface area is 111 Å². The van der Waals surface area contributed by atoms with Crippen molar-refractivity contribution in [2.75, 3.05) is 27.7 Å². The molecular weight excluding hydrogens is 228 g/mol. The highest BCUT2D eigenvalue weighted by atomic mass is 16.2. The van der Waals surface area contributed by atoms with Crippen molar-refractivity contribution < 1.29 is 9.59 Å². The zero-order chi connectivity index (χ0) is 14.1. The molecule has 1 amide bonds. The van der Waals surface area contributed by atoms with Gasteiger partial charge in [0.05, 0.1) is 6.04 Å². The van der Waals surface area contributed by atoms with E-state index in [2.05, 4.69) is 19.0 Å². The van der Waals surface area contributed by atoms with Gasteiger partial charge in [0.15, 0.2) is 0 Å². The van der Waals surface area contributed by atoms with E-state index < -0.39 is 0 Å². The molecule has 0 spiro atoms. The molecule has 0 aliphatic carbocycles. The number of unbranched alkanes of at least 4 members (excludes halogenated alkanes) is 2. The highest BCUT2D eigenvalue weighted by Crippen LogP contribution is 2.10. The first-order chi connectivity index (χ1) is 8.40. The van der Waals surface area contributed by atoms with Crippen molar-refractivity contribution >= 4 is 12.2 Å². The Bertz CT molecular complexity index is 252. The van der Waals surface area contributed by atoms with Crippen molar-refractivity contribution in [2.24, 2.45) is 5.92 Å². The van der Waals surface area contributed by atoms with Gasteiger partial charge in [0.25, 0.3) is 0 Å². The maximum Gasteiger partial charge on any atom is 0.222 e. The van der Waals surface area contributed by atoms with Crippen LogP contribution in [0.3, 0.4) is 0 Å². The SMILES string of the molecule is CC(C)C(C=O)N(C)C(=O)CCCCCN(C)C. The van der Waals surface area contributed by atoms with Crippen LogP contribution >= 0.6 is 0 Å². The Hall–Kier alpha value is -0.900. The zero-order valence-corrected chi connectivity index (χ0v) is 12.5. The number of hydrogen-bond donors (Lipinski definition) is 0. The van der Waals surface area contributed by atoms with Crippen LogP contribution < -0.4 is 0 Å². The normalized spacial score (nSPS) is 12.8. The molecule has 0 N–H and O–H groups in total. The highest BCUT2D eigenvalue weighted by molar-refractivity contribution is 5.79. The van der Waals surface area contributed by atoms with Crippen LogP contribution in [0.15, 0.2) is 0 Å². The van der Waals surface area contributed by atoms with Crippen LogP contribution in [0.5, 0.6) is 0 Å². The number of hydrogen-bond acceptors (Lipinski definition) is 3. The van der Waals surface area contributed by atoms with Gasteiger partial charge in [-0.1, -0.05) is 20.3 Å². The summed E-state index contributed by atoms with van der Waals surface area (Å²) < 4.78 is 0. The van der Waals surface area contributed by atoms with Gasteiger partial charge < -0.3 is 14.6 Å². The minimum absolute atomic E-state index is 0.0747. The van der Waals surface area contributed by atoms with Gasteiger partial charge in [0.2, 0.25) is 5.91 Å². The summed E-state index contributed by atoms with van der Waals surface area (Å²) in [7, 11) is 5.83. The number of nitrogens with zero attached hydrogens (tertiary/aromatic N) is 2. The molecule has 0 aliphatic heterocycles. The second-order valence-corrected chi connectivity index (χ2v) is 5.49. The molecule has 4 nitrogen and oxygen atoms in total. The Morgan fingerprint density at radius 2 is 1.72 bits per heavy atom. The number of carbonyl (C=O) groups excluding carboxylic acids is 2. The minimum atomic E-state index is -0.292. The predicted molar refractivity (Wildman–Crippen MR) is 74.5 cm³/mol. The molecule has 0 saturated carbocycles. The lowest BCUT2D eigenvalue weighted by Gasteiger charge is -2.26. The lowest BCUT2D eigenvalue weighted by Crippen LogP contribution is -2.41. The van der Waals surface area contributed by atoms with Crippen molar-refractivity contribution in [1.29, 1.82) is 0 Å². The molecule has 0 aromatic carbocycles. The van der Waals surface area contributed by atoms with Crippen LogP contribution in [0.25, 0.3) is 0 Å². The lowest BCUT2D eigenvalue weighted by molar-refractivity contribution is -0.136. The Morgan fingerprint density at radius 3 is 2.17 bits per heavy atom. The summed E-state index contributed by atoms with van der Waals surface area (Å²) >= 11 is 0. The number of rotatable bonds is 9. The molecule has 0 saturated heterocycles. The number of likely N-dealkylation sites (N-methyl/N-ethyl adjacent to an activating group) is 1. The van der Waals surface area contributed by atoms with Crippen molar-refractivity contribution in [2.45, 2.75) is 45.6 Å². The van der Waals surface area contributed by atoms with Gasteiger partial charge in [0.1, 0.15) is 6.29 Å². The van der Waals surface area contributed by atoms with E-state index in [0.717, 1.165) is 32.1 Å². The average molecular weight is 256 g/mol. The van der Waals surface area contributed by atoms with E-state index in [-0.39, 0.29) is 17.9 Å². The van der Waals surface area contributed by atoms with Crippen LogP contribution in [0, 0.1) is 5.92 Å². The van der Waals surface area contributed by atoms with Crippen molar-refractivity contribution in [3.8, 4) is 0 Å². The van der Waals surface area contributed by atoms with Crippen LogP contribution in [0.1, 0.15) is 39.5 Å². The van der Waals surface area contributed by atoms with Crippen molar-refractivity contribution in [3.05, 3.63) is 0 Å². The van der Waals surface area contributed by atoms with E-state index in [1.807, 2.05) is 13.8 Å². The van der Waals surface area contributed by atoms with Crippen molar-refractivity contribution in [1.82, 2.24) is 9.80 Å². The number of aldehydes is 1. The van der Waals surface area contributed by atoms with Gasteiger partial charge in [-0.15, -0.1) is 0 Å². The number of amides is 1. The first kappa shape index (κ1) is 17.1. The van der Waals surface area contributed by atoms with E-state index in [0.29, 0.717) is 6.42 Å². The molecule has 1 atom stereocenters. The van der Waals surface area contributed by atoms with Crippen LogP contribution in [-0.2, 0) is 9.59 Å². The quantitative estimate of drug-likeness (QED) is 0.466. The Morgan fingerprint density at radius 1 is 1.11 bits per heavy atom. The van der Waals surface area contributed by atoms with E-state index in [1.165, 1.54) is 0 Å². The summed E-state index contributed by atoms with van der Waals surface area (Å²) in [6.07, 6.45) is 4.49. The zero-order valence-electron chi connectivity index (χ0n) is 12.5. The fraction of sp³-hybridized carbons (Fsp3) is 0.857. The first-order valence-electron chi connectivity index (χ1n) is 6.75. The van der Waals surface area contributed by atoms with E-state index in [1.54, 1.807) is 11.9 Å². The molecule has 1 unspecified atom stereocenters. The van der Waals surface area contributed by atoms with Gasteiger partial charge in [-0.05, 0) is 39.4 Å². The third-order valence-corrected chi connectivity index (χ3v) is 3.16. The fourth-order valence-corrected chi connectivity index (χ4v) is 1.92. The lowest BCUT2D eigenvalue weighted by atomic mass is 10.0. The maximum absolute atomic E-state index is 11.9. The molecule has 0 radical (unpaired) electrons. The second-order valence-electron chi connectivity index (χ2n) is 5.49. The molecule has 0 aliphatic rings. The predicted octanol–water partition coefficient (Wildman–Crippen LogP) is 1.79. The molecule has 4 heteroatoms. The van der Waals surface area contributed by atoms with Gasteiger partial charge in [0, 0.05) is 13.5 Å². The van der Waals surface area contributed by atoms with E-state index >= 15 is 0 Å². The molecule has 0 aromatic heterocycles. The van der Waals surface area contributed by atoms with Gasteiger partial charge in [-0.3, -0.25) is 4.79 Å². The van der Waals surface area contributed by atoms with Gasteiger partial charge in [-0.2, -0.15) is 0 Å². The summed E-state index contributed by atoms with van der Waals surface area (Å²) in [5.74, 6) is 0.246. The van der Waals surface area contributed by atoms with Crippen LogP contribution in [0.4, 0.5) is 0 Å². The molecule has 0 rings (SSSR count). The molecule has 0 fully saturated rings. The Balaban J connectivity index is 3.90. The topological polar surface area (TPSA) is 40.6 Å². The van der Waals surface area contributed by atoms with Crippen molar-refractivity contribution in [3.63, 3.8) is 0 Å². The molecule has 18 heavy (non-hydrogen) atoms. The Kier molecular flexibility index (Phi) is 8.63. The molecular formula is C14H28N2O2. The second kappa shape index (κ2) is 9.09. The molecule has 106 valence electrons. The summed E-state index contributed by atoms with van der Waals surface area (Å²) in [6.45, 7) is 4.98. The summed E-state index contributed by atoms with van der Waals surface area (Å²) in [5, 5.41) is 0. The molecule has 0 aromatic rings. The maximum atomic E-state index is 11.9. The third-order valence-electron chi connectivity index (χ3n) is 3.16. The first-order valence-corrected chi connectivity index (χ1v) is 6.75. The third kappa shape index (κ3) is 6.74. The molecule has 0 heterocycles. The smallest absolute Gasteiger partial charge is 0.222 e. The van der Waals surface area contributed by atoms with E-state index in [4.69, 9.17) is 0 Å². The summed E-state index contributed by atoms with van der Waals surface area (Å²) in [6, 6.07) is -0.292. The van der Waals surface area contributed by atoms with E-state index in [9.17, 15) is 9.59 Å². The molecule has 0 bridgehead atoms. The highest BCUT2D eigenvalue weighted by Gasteiger charge is 2.21. The van der Waals surface area contributed by atoms with Gasteiger partial charge in [-0.25, -0.2) is 0 Å².